The number of nitrogens with zero attached hydrogens (tertiary/aromatic N) is 4. The van der Waals surface area contributed by atoms with Crippen molar-refractivity contribution in [2.45, 2.75) is 19.0 Å². The van der Waals surface area contributed by atoms with Gasteiger partial charge < -0.3 is 22.2 Å². The summed E-state index contributed by atoms with van der Waals surface area (Å²) in [6, 6.07) is 4.40. The van der Waals surface area contributed by atoms with Crippen molar-refractivity contribution in [3.63, 3.8) is 0 Å². The van der Waals surface area contributed by atoms with E-state index in [1.807, 2.05) is 0 Å². The van der Waals surface area contributed by atoms with E-state index >= 15 is 0 Å². The van der Waals surface area contributed by atoms with Gasteiger partial charge in [-0.2, -0.15) is 10.2 Å². The van der Waals surface area contributed by atoms with E-state index < -0.39 is 5.63 Å². The summed E-state index contributed by atoms with van der Waals surface area (Å²) in [5.74, 6) is 0.188. The van der Waals surface area contributed by atoms with E-state index in [0.717, 1.165) is 5.56 Å². The van der Waals surface area contributed by atoms with Crippen molar-refractivity contribution in [3.8, 4) is 5.75 Å². The molecule has 23 heavy (non-hydrogen) atoms. The largest absolute Gasteiger partial charge is 2.00 e. The predicted octanol–water partition coefficient (Wildman–Crippen LogP) is 0.860. The molecule has 0 aliphatic heterocycles. The van der Waals surface area contributed by atoms with Crippen LogP contribution in [0.1, 0.15) is 17.0 Å². The van der Waals surface area contributed by atoms with Gasteiger partial charge >= 0.3 is 22.7 Å². The summed E-state index contributed by atoms with van der Waals surface area (Å²) in [7, 11) is 0. The molecule has 7 nitrogen and oxygen atoms in total. The number of hydrogen-bond acceptors (Lipinski definition) is 7. The molecule has 0 amide bonds. The fourth-order valence-electron chi connectivity index (χ4n) is 2.10. The molecule has 0 N–H and O–H groups in total. The quantitative estimate of drug-likeness (QED) is 0.284. The van der Waals surface area contributed by atoms with Crippen LogP contribution in [0.5, 0.6) is 5.75 Å². The van der Waals surface area contributed by atoms with E-state index in [9.17, 15) is 9.90 Å². The minimum Gasteiger partial charge on any atom is -0.872 e. The summed E-state index contributed by atoms with van der Waals surface area (Å²) in [6.07, 6.45) is 1.30. The Labute approximate surface area is 146 Å². The summed E-state index contributed by atoms with van der Waals surface area (Å²) in [5.41, 5.74) is 0.596. The zero-order chi connectivity index (χ0) is 15.9. The molecule has 9 heteroatoms. The molecule has 0 saturated heterocycles. The molecule has 0 unspecified atom stereocenters. The van der Waals surface area contributed by atoms with E-state index in [2.05, 4.69) is 15.3 Å². The van der Waals surface area contributed by atoms with Gasteiger partial charge in [-0.25, -0.2) is 9.47 Å². The summed E-state index contributed by atoms with van der Waals surface area (Å²) in [6.45, 7) is 3.46. The summed E-state index contributed by atoms with van der Waals surface area (Å²) in [4.78, 5) is 11.6. The third-order valence-corrected chi connectivity index (χ3v) is 3.44. The maximum Gasteiger partial charge on any atom is 2.00 e. The van der Waals surface area contributed by atoms with Crippen LogP contribution in [0.4, 0.5) is 0 Å². The first-order valence-electron chi connectivity index (χ1n) is 6.35. The van der Waals surface area contributed by atoms with E-state index in [-0.39, 0.29) is 39.1 Å². The molecule has 1 radical (unpaired) electrons. The molecule has 0 atom stereocenters. The molecule has 3 rings (SSSR count). The summed E-state index contributed by atoms with van der Waals surface area (Å²) < 4.78 is 6.49. The van der Waals surface area contributed by atoms with Crippen molar-refractivity contribution < 1.29 is 26.6 Å². The van der Waals surface area contributed by atoms with Gasteiger partial charge in [0.15, 0.2) is 0 Å². The first kappa shape index (κ1) is 17.1. The van der Waals surface area contributed by atoms with Crippen LogP contribution in [-0.2, 0) is 29.7 Å². The summed E-state index contributed by atoms with van der Waals surface area (Å²) >= 11 is 4.98. The van der Waals surface area contributed by atoms with Crippen molar-refractivity contribution in [1.82, 2.24) is 14.9 Å². The zero-order valence-corrected chi connectivity index (χ0v) is 13.8. The molecular formula is C14H10CuN4O3S. The van der Waals surface area contributed by atoms with Gasteiger partial charge in [0, 0.05) is 22.2 Å². The number of aromatic nitrogens is 3. The van der Waals surface area contributed by atoms with Crippen LogP contribution in [0.15, 0.2) is 37.7 Å². The van der Waals surface area contributed by atoms with E-state index in [1.165, 1.54) is 23.0 Å². The number of benzene rings is 1. The fraction of sp³-hybridized carbons (Fsp3) is 0.143. The van der Waals surface area contributed by atoms with Crippen molar-refractivity contribution in [3.05, 3.63) is 45.6 Å². The fourth-order valence-corrected chi connectivity index (χ4v) is 2.32. The average molecular weight is 378 g/mol. The Morgan fingerprint density at radius 3 is 2.74 bits per heavy atom. The molecular weight excluding hydrogens is 368 g/mol. The normalized spacial score (nSPS) is 11.0. The maximum atomic E-state index is 12.1. The second-order valence-electron chi connectivity index (χ2n) is 4.69. The molecule has 2 heterocycles. The van der Waals surface area contributed by atoms with Gasteiger partial charge in [0.1, 0.15) is 11.4 Å². The van der Waals surface area contributed by atoms with E-state index in [4.69, 9.17) is 17.0 Å². The van der Waals surface area contributed by atoms with Crippen molar-refractivity contribution >= 4 is 29.8 Å². The molecule has 0 bridgehead atoms. The molecule has 1 aromatic carbocycles. The monoisotopic (exact) mass is 377 g/mol. The Balaban J connectivity index is 0.00000192. The van der Waals surface area contributed by atoms with Gasteiger partial charge in [0.2, 0.25) is 0 Å². The van der Waals surface area contributed by atoms with Crippen molar-refractivity contribution in [2.75, 3.05) is 0 Å². The Bertz CT molecular complexity index is 945. The van der Waals surface area contributed by atoms with E-state index in [1.54, 1.807) is 19.9 Å². The van der Waals surface area contributed by atoms with Gasteiger partial charge in [-0.05, 0) is 19.4 Å². The molecule has 0 aliphatic rings. The topological polar surface area (TPSA) is 96.3 Å². The molecule has 2 aromatic heterocycles. The van der Waals surface area contributed by atoms with Gasteiger partial charge in [-0.1, -0.05) is 17.9 Å². The van der Waals surface area contributed by atoms with Crippen molar-refractivity contribution in [2.24, 2.45) is 5.10 Å². The molecule has 0 spiro atoms. The number of fused-ring (bicyclic) bond motifs is 1. The minimum atomic E-state index is -0.519. The number of hydrogen-bond donors (Lipinski definition) is 0. The number of aryl methyl sites for hydroxylation is 2. The molecule has 121 valence electrons. The van der Waals surface area contributed by atoms with Crippen LogP contribution in [-0.4, -0.2) is 21.1 Å². The molecule has 0 fully saturated rings. The van der Waals surface area contributed by atoms with Crippen molar-refractivity contribution in [1.29, 1.82) is 0 Å². The Morgan fingerprint density at radius 1 is 1.35 bits per heavy atom. The predicted molar refractivity (Wildman–Crippen MR) is 80.0 cm³/mol. The van der Waals surface area contributed by atoms with Gasteiger partial charge in [0.25, 0.3) is 0 Å². The SMILES string of the molecule is Cc1cc(=O)oc2c(/C=N/n3c(C)nnc3[S-])c([O-])ccc12.[Cu+2]. The standard InChI is InChI=1S/C14H12N4O3S.Cu/c1-7-5-12(20)21-13-9(7)3-4-11(19)10(13)6-15-18-8(2)16-17-14(18)22;/h3-6,19H,1-2H3,(H,17,22);/q;+2/p-2/b15-6+;. The molecule has 0 saturated carbocycles. The minimum absolute atomic E-state index is 0. The first-order chi connectivity index (χ1) is 10.5. The Morgan fingerprint density at radius 2 is 2.09 bits per heavy atom. The molecule has 3 aromatic rings. The third-order valence-electron chi connectivity index (χ3n) is 3.19. The second-order valence-corrected chi connectivity index (χ2v) is 5.05. The third kappa shape index (κ3) is 3.12. The first-order valence-corrected chi connectivity index (χ1v) is 6.76. The van der Waals surface area contributed by atoms with Gasteiger partial charge in [-0.3, -0.25) is 0 Å². The summed E-state index contributed by atoms with van der Waals surface area (Å²) in [5, 5.41) is 24.5. The van der Waals surface area contributed by atoms with Crippen LogP contribution in [0.2, 0.25) is 0 Å². The zero-order valence-electron chi connectivity index (χ0n) is 12.0. The van der Waals surface area contributed by atoms with Crippen LogP contribution in [0.25, 0.3) is 11.0 Å². The maximum absolute atomic E-state index is 12.1. The van der Waals surface area contributed by atoms with Crippen LogP contribution < -0.4 is 10.7 Å². The Kier molecular flexibility index (Phi) is 4.84. The van der Waals surface area contributed by atoms with E-state index in [0.29, 0.717) is 11.2 Å². The number of rotatable bonds is 2. The molecule has 0 aliphatic carbocycles. The average Bonchev–Trinajstić information content (AvgIpc) is 2.77. The smallest absolute Gasteiger partial charge is 0.872 e. The van der Waals surface area contributed by atoms with Crippen LogP contribution in [0, 0.1) is 13.8 Å². The van der Waals surface area contributed by atoms with Gasteiger partial charge in [0.05, 0.1) is 6.21 Å². The Hall–Kier alpha value is -2.22. The van der Waals surface area contributed by atoms with Crippen LogP contribution >= 0.6 is 0 Å². The van der Waals surface area contributed by atoms with Crippen LogP contribution in [0.3, 0.4) is 0 Å². The van der Waals surface area contributed by atoms with Gasteiger partial charge in [-0.15, -0.1) is 5.10 Å². The second kappa shape index (κ2) is 6.49.